The van der Waals surface area contributed by atoms with Gasteiger partial charge in [-0.15, -0.1) is 0 Å². The first-order valence-electron chi connectivity index (χ1n) is 6.18. The first-order chi connectivity index (χ1) is 9.48. The molecule has 3 rings (SSSR count). The van der Waals surface area contributed by atoms with Gasteiger partial charge in [-0.2, -0.15) is 4.31 Å². The second-order valence-corrected chi connectivity index (χ2v) is 6.99. The second kappa shape index (κ2) is 5.00. The van der Waals surface area contributed by atoms with Crippen molar-refractivity contribution in [3.63, 3.8) is 0 Å². The number of sulfonamides is 1. The van der Waals surface area contributed by atoms with Gasteiger partial charge >= 0.3 is 0 Å². The van der Waals surface area contributed by atoms with Gasteiger partial charge in [-0.1, -0.05) is 11.6 Å². The average molecular weight is 317 g/mol. The molecule has 1 saturated heterocycles. The minimum atomic E-state index is -3.65. The average Bonchev–Trinajstić information content (AvgIpc) is 2.78. The number of nitrogens with one attached hydrogen (secondary N) is 1. The van der Waals surface area contributed by atoms with Crippen LogP contribution in [0, 0.1) is 0 Å². The Balaban J connectivity index is 2.01. The van der Waals surface area contributed by atoms with E-state index < -0.39 is 10.0 Å². The standard InChI is InChI=1S/C12H13ClN2O4S/c13-9-7-10-8(6-12(16)14-10)5-11(9)20(17,18)15-1-3-19-4-2-15/h5,7H,1-4,6H2,(H,14,16). The number of anilines is 1. The van der Waals surface area contributed by atoms with Crippen molar-refractivity contribution in [1.29, 1.82) is 0 Å². The van der Waals surface area contributed by atoms with Crippen LogP contribution in [0.3, 0.4) is 0 Å². The Morgan fingerprint density at radius 3 is 2.65 bits per heavy atom. The summed E-state index contributed by atoms with van der Waals surface area (Å²) in [6.07, 6.45) is 0.179. The van der Waals surface area contributed by atoms with Gasteiger partial charge in [0.2, 0.25) is 15.9 Å². The zero-order valence-corrected chi connectivity index (χ0v) is 12.1. The van der Waals surface area contributed by atoms with Gasteiger partial charge in [0.25, 0.3) is 0 Å². The lowest BCUT2D eigenvalue weighted by molar-refractivity contribution is -0.115. The lowest BCUT2D eigenvalue weighted by Gasteiger charge is -2.26. The maximum Gasteiger partial charge on any atom is 0.244 e. The molecule has 20 heavy (non-hydrogen) atoms. The summed E-state index contributed by atoms with van der Waals surface area (Å²) in [4.78, 5) is 11.4. The van der Waals surface area contributed by atoms with Gasteiger partial charge in [0.1, 0.15) is 4.90 Å². The molecule has 8 heteroatoms. The number of morpholine rings is 1. The molecule has 2 aliphatic heterocycles. The largest absolute Gasteiger partial charge is 0.379 e. The number of amides is 1. The Kier molecular flexibility index (Phi) is 3.45. The maximum atomic E-state index is 12.6. The summed E-state index contributed by atoms with van der Waals surface area (Å²) in [5, 5.41) is 2.77. The molecule has 0 aliphatic carbocycles. The Hall–Kier alpha value is -1.15. The quantitative estimate of drug-likeness (QED) is 0.878. The molecule has 2 aliphatic rings. The molecule has 0 unspecified atom stereocenters. The first-order valence-corrected chi connectivity index (χ1v) is 8.00. The van der Waals surface area contributed by atoms with E-state index in [4.69, 9.17) is 16.3 Å². The van der Waals surface area contributed by atoms with E-state index >= 15 is 0 Å². The van der Waals surface area contributed by atoms with E-state index in [-0.39, 0.29) is 22.2 Å². The van der Waals surface area contributed by atoms with E-state index in [0.29, 0.717) is 37.6 Å². The predicted octanol–water partition coefficient (Wildman–Crippen LogP) is 0.855. The lowest BCUT2D eigenvalue weighted by atomic mass is 10.2. The molecule has 1 fully saturated rings. The topological polar surface area (TPSA) is 75.7 Å². The molecule has 0 bridgehead atoms. The molecule has 1 amide bonds. The van der Waals surface area contributed by atoms with E-state index in [1.165, 1.54) is 16.4 Å². The minimum Gasteiger partial charge on any atom is -0.379 e. The SMILES string of the molecule is O=C1Cc2cc(S(=O)(=O)N3CCOCC3)c(Cl)cc2N1. The summed E-state index contributed by atoms with van der Waals surface area (Å²) in [7, 11) is -3.65. The van der Waals surface area contributed by atoms with Gasteiger partial charge in [-0.05, 0) is 17.7 Å². The molecule has 2 heterocycles. The van der Waals surface area contributed by atoms with Crippen LogP contribution in [0.1, 0.15) is 5.56 Å². The van der Waals surface area contributed by atoms with Crippen LogP contribution in [0.15, 0.2) is 17.0 Å². The van der Waals surface area contributed by atoms with Crippen molar-refractivity contribution in [3.8, 4) is 0 Å². The van der Waals surface area contributed by atoms with Crippen LogP contribution in [-0.4, -0.2) is 44.9 Å². The van der Waals surface area contributed by atoms with E-state index in [9.17, 15) is 13.2 Å². The normalized spacial score (nSPS) is 19.8. The van der Waals surface area contributed by atoms with Crippen molar-refractivity contribution in [3.05, 3.63) is 22.7 Å². The molecule has 1 aromatic rings. The summed E-state index contributed by atoms with van der Waals surface area (Å²) in [5.41, 5.74) is 1.24. The molecule has 0 saturated carbocycles. The molecule has 0 atom stereocenters. The zero-order valence-electron chi connectivity index (χ0n) is 10.6. The fourth-order valence-electron chi connectivity index (χ4n) is 2.35. The molecule has 1 aromatic carbocycles. The number of benzene rings is 1. The number of carbonyl (C=O) groups is 1. The molecule has 0 spiro atoms. The van der Waals surface area contributed by atoms with Crippen molar-refractivity contribution in [2.75, 3.05) is 31.6 Å². The van der Waals surface area contributed by atoms with Crippen LogP contribution in [0.25, 0.3) is 0 Å². The van der Waals surface area contributed by atoms with E-state index in [1.54, 1.807) is 0 Å². The first kappa shape index (κ1) is 13.8. The molecule has 1 N–H and O–H groups in total. The van der Waals surface area contributed by atoms with Crippen molar-refractivity contribution in [1.82, 2.24) is 4.31 Å². The zero-order chi connectivity index (χ0) is 14.3. The van der Waals surface area contributed by atoms with E-state index in [2.05, 4.69) is 5.32 Å². The number of hydrogen-bond donors (Lipinski definition) is 1. The Labute approximate surface area is 121 Å². The highest BCUT2D eigenvalue weighted by atomic mass is 35.5. The lowest BCUT2D eigenvalue weighted by Crippen LogP contribution is -2.40. The monoisotopic (exact) mass is 316 g/mol. The summed E-state index contributed by atoms with van der Waals surface area (Å²) in [6, 6.07) is 2.98. The van der Waals surface area contributed by atoms with Crippen LogP contribution in [0.5, 0.6) is 0 Å². The van der Waals surface area contributed by atoms with Crippen LogP contribution in [0.4, 0.5) is 5.69 Å². The van der Waals surface area contributed by atoms with Crippen molar-refractivity contribution >= 4 is 33.2 Å². The van der Waals surface area contributed by atoms with Crippen molar-refractivity contribution in [2.24, 2.45) is 0 Å². The third kappa shape index (κ3) is 2.31. The maximum absolute atomic E-state index is 12.6. The third-order valence-corrected chi connectivity index (χ3v) is 5.73. The van der Waals surface area contributed by atoms with Gasteiger partial charge in [-0.25, -0.2) is 8.42 Å². The molecular weight excluding hydrogens is 304 g/mol. The summed E-state index contributed by atoms with van der Waals surface area (Å²) >= 11 is 6.07. The second-order valence-electron chi connectivity index (χ2n) is 4.68. The fraction of sp³-hybridized carbons (Fsp3) is 0.417. The minimum absolute atomic E-state index is 0.0521. The summed E-state index contributed by atoms with van der Waals surface area (Å²) in [5.74, 6) is -0.156. The highest BCUT2D eigenvalue weighted by Gasteiger charge is 2.30. The fourth-order valence-corrected chi connectivity index (χ4v) is 4.31. The summed E-state index contributed by atoms with van der Waals surface area (Å²) in [6.45, 7) is 1.38. The molecule has 6 nitrogen and oxygen atoms in total. The van der Waals surface area contributed by atoms with Crippen LogP contribution in [0.2, 0.25) is 5.02 Å². The van der Waals surface area contributed by atoms with Gasteiger partial charge in [-0.3, -0.25) is 4.79 Å². The smallest absolute Gasteiger partial charge is 0.244 e. The van der Waals surface area contributed by atoms with E-state index in [1.807, 2.05) is 0 Å². The number of rotatable bonds is 2. The third-order valence-electron chi connectivity index (χ3n) is 3.37. The van der Waals surface area contributed by atoms with Gasteiger partial charge < -0.3 is 10.1 Å². The Bertz CT molecular complexity index is 668. The molecule has 108 valence electrons. The number of fused-ring (bicyclic) bond motifs is 1. The number of carbonyl (C=O) groups excluding carboxylic acids is 1. The van der Waals surface area contributed by atoms with Gasteiger partial charge in [0.15, 0.2) is 0 Å². The molecular formula is C12H13ClN2O4S. The van der Waals surface area contributed by atoms with Gasteiger partial charge in [0, 0.05) is 18.8 Å². The Morgan fingerprint density at radius 1 is 1.25 bits per heavy atom. The summed E-state index contributed by atoms with van der Waals surface area (Å²) < 4.78 is 31.7. The number of hydrogen-bond acceptors (Lipinski definition) is 4. The Morgan fingerprint density at radius 2 is 1.95 bits per heavy atom. The number of nitrogens with zero attached hydrogens (tertiary/aromatic N) is 1. The van der Waals surface area contributed by atoms with Crippen molar-refractivity contribution < 1.29 is 17.9 Å². The highest BCUT2D eigenvalue weighted by molar-refractivity contribution is 7.89. The number of halogens is 1. The predicted molar refractivity (Wildman–Crippen MR) is 73.4 cm³/mol. The highest BCUT2D eigenvalue weighted by Crippen LogP contribution is 2.33. The molecule has 0 aromatic heterocycles. The van der Waals surface area contributed by atoms with Gasteiger partial charge in [0.05, 0.1) is 24.7 Å². The van der Waals surface area contributed by atoms with Crippen LogP contribution >= 0.6 is 11.6 Å². The molecule has 0 radical (unpaired) electrons. The van der Waals surface area contributed by atoms with Crippen molar-refractivity contribution in [2.45, 2.75) is 11.3 Å². The number of ether oxygens (including phenoxy) is 1. The van der Waals surface area contributed by atoms with E-state index in [0.717, 1.165) is 0 Å². The van der Waals surface area contributed by atoms with Crippen LogP contribution < -0.4 is 5.32 Å². The van der Waals surface area contributed by atoms with Crippen LogP contribution in [-0.2, 0) is 26.0 Å².